The maximum atomic E-state index is 12.1. The standard InChI is InChI=1S/C19H16Cl2N2O2S/c1-12-8-15(21)6-7-17(12)25-11-18(24)23-19-22-10-16(26-19)9-13-2-4-14(20)5-3-13/h2-8,10H,9,11H2,1H3,(H,22,23,24). The van der Waals surface area contributed by atoms with Gasteiger partial charge in [-0.05, 0) is 48.4 Å². The maximum Gasteiger partial charge on any atom is 0.264 e. The lowest BCUT2D eigenvalue weighted by Crippen LogP contribution is -2.20. The number of aryl methyl sites for hydroxylation is 1. The highest BCUT2D eigenvalue weighted by Gasteiger charge is 2.09. The molecule has 0 radical (unpaired) electrons. The summed E-state index contributed by atoms with van der Waals surface area (Å²) in [6.45, 7) is 1.79. The summed E-state index contributed by atoms with van der Waals surface area (Å²) in [5.74, 6) is 0.374. The Morgan fingerprint density at radius 1 is 1.15 bits per heavy atom. The van der Waals surface area contributed by atoms with Crippen molar-refractivity contribution < 1.29 is 9.53 Å². The number of thiazole rings is 1. The van der Waals surface area contributed by atoms with Gasteiger partial charge < -0.3 is 4.74 Å². The first kappa shape index (κ1) is 18.7. The van der Waals surface area contributed by atoms with Gasteiger partial charge in [-0.1, -0.05) is 35.3 Å². The van der Waals surface area contributed by atoms with E-state index in [-0.39, 0.29) is 12.5 Å². The van der Waals surface area contributed by atoms with Crippen molar-refractivity contribution in [1.29, 1.82) is 0 Å². The summed E-state index contributed by atoms with van der Waals surface area (Å²) < 4.78 is 5.53. The predicted octanol–water partition coefficient (Wildman–Crippen LogP) is 5.37. The number of carbonyl (C=O) groups excluding carboxylic acids is 1. The SMILES string of the molecule is Cc1cc(Cl)ccc1OCC(=O)Nc1ncc(Cc2ccc(Cl)cc2)s1. The topological polar surface area (TPSA) is 51.2 Å². The van der Waals surface area contributed by atoms with Gasteiger partial charge in [0.2, 0.25) is 0 Å². The molecule has 0 bridgehead atoms. The van der Waals surface area contributed by atoms with Crippen LogP contribution in [0.15, 0.2) is 48.7 Å². The van der Waals surface area contributed by atoms with E-state index in [0.717, 1.165) is 22.4 Å². The molecule has 3 rings (SSSR count). The van der Waals surface area contributed by atoms with E-state index >= 15 is 0 Å². The van der Waals surface area contributed by atoms with Crippen molar-refractivity contribution >= 4 is 45.6 Å². The first-order chi connectivity index (χ1) is 12.5. The third-order valence-electron chi connectivity index (χ3n) is 3.59. The lowest BCUT2D eigenvalue weighted by molar-refractivity contribution is -0.118. The first-order valence-electron chi connectivity index (χ1n) is 7.87. The lowest BCUT2D eigenvalue weighted by Gasteiger charge is -2.08. The Morgan fingerprint density at radius 3 is 2.62 bits per heavy atom. The second kappa shape index (κ2) is 8.54. The van der Waals surface area contributed by atoms with Crippen LogP contribution in [0.2, 0.25) is 10.0 Å². The van der Waals surface area contributed by atoms with Crippen LogP contribution in [0.1, 0.15) is 16.0 Å². The van der Waals surface area contributed by atoms with Crippen molar-refractivity contribution in [3.63, 3.8) is 0 Å². The molecule has 7 heteroatoms. The van der Waals surface area contributed by atoms with E-state index in [1.54, 1.807) is 24.4 Å². The number of hydrogen-bond acceptors (Lipinski definition) is 4. The van der Waals surface area contributed by atoms with Gasteiger partial charge in [-0.3, -0.25) is 10.1 Å². The van der Waals surface area contributed by atoms with Crippen LogP contribution < -0.4 is 10.1 Å². The molecule has 0 aliphatic rings. The third kappa shape index (κ3) is 5.21. The van der Waals surface area contributed by atoms with Crippen molar-refractivity contribution in [3.05, 3.63) is 74.7 Å². The molecule has 1 amide bonds. The monoisotopic (exact) mass is 406 g/mol. The molecule has 0 spiro atoms. The van der Waals surface area contributed by atoms with Crippen LogP contribution in [0.25, 0.3) is 0 Å². The van der Waals surface area contributed by atoms with Crippen molar-refractivity contribution in [3.8, 4) is 5.75 Å². The number of benzene rings is 2. The molecule has 0 saturated heterocycles. The Labute approximate surface area is 165 Å². The van der Waals surface area contributed by atoms with Gasteiger partial charge >= 0.3 is 0 Å². The molecule has 0 unspecified atom stereocenters. The average Bonchev–Trinajstić information content (AvgIpc) is 3.03. The van der Waals surface area contributed by atoms with Crippen molar-refractivity contribution in [1.82, 2.24) is 4.98 Å². The molecule has 1 aromatic heterocycles. The number of nitrogens with zero attached hydrogens (tertiary/aromatic N) is 1. The average molecular weight is 407 g/mol. The Bertz CT molecular complexity index is 910. The summed E-state index contributed by atoms with van der Waals surface area (Å²) in [6.07, 6.45) is 2.50. The van der Waals surface area contributed by atoms with E-state index < -0.39 is 0 Å². The van der Waals surface area contributed by atoms with E-state index in [1.807, 2.05) is 31.2 Å². The Kier molecular flexibility index (Phi) is 6.14. The number of hydrogen-bond donors (Lipinski definition) is 1. The van der Waals surface area contributed by atoms with Gasteiger partial charge in [0.15, 0.2) is 11.7 Å². The molecule has 0 aliphatic heterocycles. The molecule has 0 saturated carbocycles. The number of ether oxygens (including phenoxy) is 1. The summed E-state index contributed by atoms with van der Waals surface area (Å²) in [6, 6.07) is 12.9. The molecule has 26 heavy (non-hydrogen) atoms. The van der Waals surface area contributed by atoms with E-state index in [0.29, 0.717) is 20.9 Å². The largest absolute Gasteiger partial charge is 0.483 e. The number of carbonyl (C=O) groups is 1. The van der Waals surface area contributed by atoms with Crippen LogP contribution in [0.3, 0.4) is 0 Å². The molecule has 134 valence electrons. The van der Waals surface area contributed by atoms with Crippen LogP contribution in [0.5, 0.6) is 5.75 Å². The van der Waals surface area contributed by atoms with Crippen LogP contribution in [0, 0.1) is 6.92 Å². The van der Waals surface area contributed by atoms with E-state index in [1.165, 1.54) is 11.3 Å². The molecule has 0 aliphatic carbocycles. The van der Waals surface area contributed by atoms with Gasteiger partial charge in [0, 0.05) is 27.5 Å². The minimum atomic E-state index is -0.258. The zero-order valence-electron chi connectivity index (χ0n) is 14.0. The molecule has 1 N–H and O–H groups in total. The lowest BCUT2D eigenvalue weighted by atomic mass is 10.1. The smallest absolute Gasteiger partial charge is 0.264 e. The Balaban J connectivity index is 1.53. The van der Waals surface area contributed by atoms with E-state index in [9.17, 15) is 4.79 Å². The van der Waals surface area contributed by atoms with Gasteiger partial charge in [-0.2, -0.15) is 0 Å². The summed E-state index contributed by atoms with van der Waals surface area (Å²) in [5, 5.41) is 4.65. The summed E-state index contributed by atoms with van der Waals surface area (Å²) in [4.78, 5) is 17.4. The Hall–Kier alpha value is -2.08. The van der Waals surface area contributed by atoms with Gasteiger partial charge in [0.1, 0.15) is 5.75 Å². The summed E-state index contributed by atoms with van der Waals surface area (Å²) in [7, 11) is 0. The molecule has 0 fully saturated rings. The molecule has 1 heterocycles. The fourth-order valence-corrected chi connectivity index (χ4v) is 3.54. The molecule has 3 aromatic rings. The Morgan fingerprint density at radius 2 is 1.88 bits per heavy atom. The van der Waals surface area contributed by atoms with E-state index in [4.69, 9.17) is 27.9 Å². The van der Waals surface area contributed by atoms with Crippen LogP contribution >= 0.6 is 34.5 Å². The number of rotatable bonds is 6. The second-order valence-electron chi connectivity index (χ2n) is 5.68. The minimum absolute atomic E-state index is 0.0887. The molecule has 0 atom stereocenters. The fraction of sp³-hybridized carbons (Fsp3) is 0.158. The molecular formula is C19H16Cl2N2O2S. The number of nitrogens with one attached hydrogen (secondary N) is 1. The second-order valence-corrected chi connectivity index (χ2v) is 7.67. The number of amides is 1. The predicted molar refractivity (Wildman–Crippen MR) is 107 cm³/mol. The van der Waals surface area contributed by atoms with Crippen LogP contribution in [-0.4, -0.2) is 17.5 Å². The van der Waals surface area contributed by atoms with Crippen molar-refractivity contribution in [2.45, 2.75) is 13.3 Å². The zero-order chi connectivity index (χ0) is 18.5. The van der Waals surface area contributed by atoms with Gasteiger partial charge in [0.25, 0.3) is 5.91 Å². The van der Waals surface area contributed by atoms with Crippen molar-refractivity contribution in [2.24, 2.45) is 0 Å². The summed E-state index contributed by atoms with van der Waals surface area (Å²) >= 11 is 13.2. The van der Waals surface area contributed by atoms with Gasteiger partial charge in [0.05, 0.1) is 0 Å². The fourth-order valence-electron chi connectivity index (χ4n) is 2.32. The number of halogens is 2. The zero-order valence-corrected chi connectivity index (χ0v) is 16.3. The van der Waals surface area contributed by atoms with E-state index in [2.05, 4.69) is 10.3 Å². The highest BCUT2D eigenvalue weighted by molar-refractivity contribution is 7.15. The third-order valence-corrected chi connectivity index (χ3v) is 4.99. The highest BCUT2D eigenvalue weighted by atomic mass is 35.5. The normalized spacial score (nSPS) is 10.6. The minimum Gasteiger partial charge on any atom is -0.483 e. The summed E-state index contributed by atoms with van der Waals surface area (Å²) in [5.41, 5.74) is 2.02. The highest BCUT2D eigenvalue weighted by Crippen LogP contribution is 2.23. The van der Waals surface area contributed by atoms with Crippen molar-refractivity contribution in [2.75, 3.05) is 11.9 Å². The molecular weight excluding hydrogens is 391 g/mol. The maximum absolute atomic E-state index is 12.1. The quantitative estimate of drug-likeness (QED) is 0.598. The molecule has 2 aromatic carbocycles. The van der Waals surface area contributed by atoms with Crippen LogP contribution in [-0.2, 0) is 11.2 Å². The molecule has 4 nitrogen and oxygen atoms in total. The van der Waals surface area contributed by atoms with Gasteiger partial charge in [-0.25, -0.2) is 4.98 Å². The van der Waals surface area contributed by atoms with Crippen LogP contribution in [0.4, 0.5) is 5.13 Å². The first-order valence-corrected chi connectivity index (χ1v) is 9.45. The number of anilines is 1. The number of aromatic nitrogens is 1. The van der Waals surface area contributed by atoms with Gasteiger partial charge in [-0.15, -0.1) is 11.3 Å².